The molecule has 0 aromatic carbocycles. The van der Waals surface area contributed by atoms with Crippen molar-refractivity contribution < 1.29 is 9.59 Å². The monoisotopic (exact) mass is 267 g/mol. The zero-order chi connectivity index (χ0) is 13.8. The van der Waals surface area contributed by atoms with Crippen LogP contribution >= 0.6 is 0 Å². The third-order valence-corrected chi connectivity index (χ3v) is 4.57. The fourth-order valence-electron chi connectivity index (χ4n) is 3.57. The fourth-order valence-corrected chi connectivity index (χ4v) is 3.57. The Kier molecular flexibility index (Phi) is 4.80. The molecule has 0 bridgehead atoms. The van der Waals surface area contributed by atoms with Gasteiger partial charge in [0.1, 0.15) is 6.04 Å². The molecule has 0 spiro atoms. The maximum atomic E-state index is 12.6. The van der Waals surface area contributed by atoms with Crippen LogP contribution in [-0.2, 0) is 9.59 Å². The molecule has 2 aliphatic rings. The van der Waals surface area contributed by atoms with Crippen LogP contribution in [0.25, 0.3) is 0 Å². The summed E-state index contributed by atoms with van der Waals surface area (Å²) in [6.07, 6.45) is 6.76. The molecule has 1 aliphatic heterocycles. The lowest BCUT2D eigenvalue weighted by Crippen LogP contribution is -2.46. The lowest BCUT2D eigenvalue weighted by molar-refractivity contribution is -0.142. The summed E-state index contributed by atoms with van der Waals surface area (Å²) in [7, 11) is 0. The Morgan fingerprint density at radius 3 is 2.63 bits per heavy atom. The van der Waals surface area contributed by atoms with E-state index < -0.39 is 0 Å². The number of carbonyl (C=O) groups is 2. The van der Waals surface area contributed by atoms with E-state index in [0.29, 0.717) is 19.0 Å². The fraction of sp³-hybridized carbons (Fsp3) is 0.857. The highest BCUT2D eigenvalue weighted by Gasteiger charge is 2.37. The van der Waals surface area contributed by atoms with Gasteiger partial charge in [0, 0.05) is 12.5 Å². The van der Waals surface area contributed by atoms with Crippen molar-refractivity contribution in [3.05, 3.63) is 0 Å². The number of hydrogen-bond donors (Lipinski definition) is 2. The molecule has 0 radical (unpaired) electrons. The molecule has 2 amide bonds. The SMILES string of the molecule is NCCC1CCCC(C(=O)N2CCCC2C(N)=O)C1. The van der Waals surface area contributed by atoms with Gasteiger partial charge < -0.3 is 16.4 Å². The van der Waals surface area contributed by atoms with Gasteiger partial charge >= 0.3 is 0 Å². The van der Waals surface area contributed by atoms with Crippen molar-refractivity contribution in [2.45, 2.75) is 51.0 Å². The van der Waals surface area contributed by atoms with Gasteiger partial charge in [-0.25, -0.2) is 0 Å². The van der Waals surface area contributed by atoms with E-state index in [9.17, 15) is 9.59 Å². The smallest absolute Gasteiger partial charge is 0.240 e. The Morgan fingerprint density at radius 1 is 1.16 bits per heavy atom. The van der Waals surface area contributed by atoms with Gasteiger partial charge in [-0.15, -0.1) is 0 Å². The highest BCUT2D eigenvalue weighted by Crippen LogP contribution is 2.33. The third-order valence-electron chi connectivity index (χ3n) is 4.57. The van der Waals surface area contributed by atoms with Crippen LogP contribution in [-0.4, -0.2) is 35.8 Å². The molecule has 1 aliphatic carbocycles. The van der Waals surface area contributed by atoms with Gasteiger partial charge in [-0.3, -0.25) is 9.59 Å². The van der Waals surface area contributed by atoms with E-state index in [1.807, 2.05) is 0 Å². The van der Waals surface area contributed by atoms with Crippen molar-refractivity contribution in [3.63, 3.8) is 0 Å². The Bertz CT molecular complexity index is 344. The van der Waals surface area contributed by atoms with Gasteiger partial charge in [0.2, 0.25) is 11.8 Å². The van der Waals surface area contributed by atoms with E-state index in [4.69, 9.17) is 11.5 Å². The second-order valence-corrected chi connectivity index (χ2v) is 5.90. The van der Waals surface area contributed by atoms with Gasteiger partial charge in [-0.2, -0.15) is 0 Å². The van der Waals surface area contributed by atoms with Crippen molar-refractivity contribution in [2.24, 2.45) is 23.3 Å². The topological polar surface area (TPSA) is 89.4 Å². The minimum Gasteiger partial charge on any atom is -0.368 e. The van der Waals surface area contributed by atoms with E-state index in [1.54, 1.807) is 4.90 Å². The summed E-state index contributed by atoms with van der Waals surface area (Å²) >= 11 is 0. The first kappa shape index (κ1) is 14.3. The van der Waals surface area contributed by atoms with Gasteiger partial charge in [0.25, 0.3) is 0 Å². The number of likely N-dealkylation sites (tertiary alicyclic amines) is 1. The maximum Gasteiger partial charge on any atom is 0.240 e. The zero-order valence-corrected chi connectivity index (χ0v) is 11.5. The first-order chi connectivity index (χ1) is 9.13. The van der Waals surface area contributed by atoms with E-state index in [1.165, 1.54) is 6.42 Å². The van der Waals surface area contributed by atoms with Crippen LogP contribution in [0.15, 0.2) is 0 Å². The van der Waals surface area contributed by atoms with Crippen molar-refractivity contribution in [1.82, 2.24) is 4.90 Å². The van der Waals surface area contributed by atoms with Crippen molar-refractivity contribution >= 4 is 11.8 Å². The molecule has 3 atom stereocenters. The van der Waals surface area contributed by atoms with Crippen LogP contribution < -0.4 is 11.5 Å². The normalized spacial score (nSPS) is 31.4. The minimum atomic E-state index is -0.373. The molecule has 4 N–H and O–H groups in total. The molecule has 0 aromatic rings. The first-order valence-corrected chi connectivity index (χ1v) is 7.43. The van der Waals surface area contributed by atoms with Crippen LogP contribution in [0.1, 0.15) is 44.9 Å². The molecule has 1 saturated carbocycles. The van der Waals surface area contributed by atoms with Crippen molar-refractivity contribution in [1.29, 1.82) is 0 Å². The summed E-state index contributed by atoms with van der Waals surface area (Å²) in [5.41, 5.74) is 11.0. The highest BCUT2D eigenvalue weighted by atomic mass is 16.2. The molecule has 5 heteroatoms. The Labute approximate surface area is 114 Å². The summed E-state index contributed by atoms with van der Waals surface area (Å²) in [4.78, 5) is 25.6. The number of rotatable bonds is 4. The summed E-state index contributed by atoms with van der Waals surface area (Å²) in [6, 6.07) is -0.373. The summed E-state index contributed by atoms with van der Waals surface area (Å²) in [5, 5.41) is 0. The predicted molar refractivity (Wildman–Crippen MR) is 73.0 cm³/mol. The number of nitrogens with zero attached hydrogens (tertiary/aromatic N) is 1. The average molecular weight is 267 g/mol. The maximum absolute atomic E-state index is 12.6. The molecule has 1 heterocycles. The number of hydrogen-bond acceptors (Lipinski definition) is 3. The van der Waals surface area contributed by atoms with E-state index in [-0.39, 0.29) is 23.8 Å². The molecule has 3 unspecified atom stereocenters. The molecule has 108 valence electrons. The quantitative estimate of drug-likeness (QED) is 0.782. The number of carbonyl (C=O) groups excluding carboxylic acids is 2. The van der Waals surface area contributed by atoms with Crippen LogP contribution in [0.5, 0.6) is 0 Å². The highest BCUT2D eigenvalue weighted by molar-refractivity contribution is 5.88. The average Bonchev–Trinajstić information content (AvgIpc) is 2.88. The molecule has 2 rings (SSSR count). The Morgan fingerprint density at radius 2 is 1.95 bits per heavy atom. The van der Waals surface area contributed by atoms with Crippen molar-refractivity contribution in [3.8, 4) is 0 Å². The molecule has 2 fully saturated rings. The van der Waals surface area contributed by atoms with Gasteiger partial charge in [-0.1, -0.05) is 12.8 Å². The molecule has 19 heavy (non-hydrogen) atoms. The van der Waals surface area contributed by atoms with Gasteiger partial charge in [0.15, 0.2) is 0 Å². The van der Waals surface area contributed by atoms with E-state index in [0.717, 1.165) is 38.5 Å². The Hall–Kier alpha value is -1.10. The number of primary amides is 1. The molecule has 0 aromatic heterocycles. The second-order valence-electron chi connectivity index (χ2n) is 5.90. The first-order valence-electron chi connectivity index (χ1n) is 7.43. The number of amides is 2. The second kappa shape index (κ2) is 6.37. The van der Waals surface area contributed by atoms with Crippen LogP contribution in [0.4, 0.5) is 0 Å². The molecule has 1 saturated heterocycles. The van der Waals surface area contributed by atoms with Gasteiger partial charge in [-0.05, 0) is 44.6 Å². The third kappa shape index (κ3) is 3.26. The van der Waals surface area contributed by atoms with Crippen LogP contribution in [0.3, 0.4) is 0 Å². The summed E-state index contributed by atoms with van der Waals surface area (Å²) < 4.78 is 0. The predicted octanol–water partition coefficient (Wildman–Crippen LogP) is 0.618. The van der Waals surface area contributed by atoms with Crippen LogP contribution in [0.2, 0.25) is 0 Å². The standard InChI is InChI=1S/C14H25N3O2/c15-7-6-10-3-1-4-11(9-10)14(19)17-8-2-5-12(17)13(16)18/h10-12H,1-9,15H2,(H2,16,18). The molecular formula is C14H25N3O2. The molecule has 5 nitrogen and oxygen atoms in total. The van der Waals surface area contributed by atoms with E-state index in [2.05, 4.69) is 0 Å². The lowest BCUT2D eigenvalue weighted by atomic mass is 9.79. The van der Waals surface area contributed by atoms with Crippen LogP contribution in [0, 0.1) is 11.8 Å². The summed E-state index contributed by atoms with van der Waals surface area (Å²) in [6.45, 7) is 1.38. The van der Waals surface area contributed by atoms with Gasteiger partial charge in [0.05, 0.1) is 0 Å². The number of nitrogens with two attached hydrogens (primary N) is 2. The largest absolute Gasteiger partial charge is 0.368 e. The van der Waals surface area contributed by atoms with Crippen molar-refractivity contribution in [2.75, 3.05) is 13.1 Å². The minimum absolute atomic E-state index is 0.0743. The lowest BCUT2D eigenvalue weighted by Gasteiger charge is -2.32. The Balaban J connectivity index is 1.96. The molecular weight excluding hydrogens is 242 g/mol. The zero-order valence-electron chi connectivity index (χ0n) is 11.5. The summed E-state index contributed by atoms with van der Waals surface area (Å²) in [5.74, 6) is 0.427. The van der Waals surface area contributed by atoms with E-state index >= 15 is 0 Å².